The Bertz CT molecular complexity index is 1320. The van der Waals surface area contributed by atoms with Crippen molar-refractivity contribution in [3.63, 3.8) is 0 Å². The summed E-state index contributed by atoms with van der Waals surface area (Å²) >= 11 is 1.38. The summed E-state index contributed by atoms with van der Waals surface area (Å²) in [7, 11) is -3.69. The molecule has 0 saturated heterocycles. The standard InChI is InChI=1S/C25H26N2O5S2/c1-3-32-25(29)22-19-13-9-15-21(19)33-24(22)26-23(28)18-12-7-8-14-20(18)27(34(2,30)31)16-17-10-5-4-6-11-17/h4-8,10-12,14H,3,9,13,15-16H2,1-2H3,(H,26,28). The van der Waals surface area contributed by atoms with Crippen LogP contribution in [-0.2, 0) is 34.1 Å². The second-order valence-corrected chi connectivity index (χ2v) is 11.0. The largest absolute Gasteiger partial charge is 0.462 e. The number of sulfonamides is 1. The Hall–Kier alpha value is -3.17. The summed E-state index contributed by atoms with van der Waals surface area (Å²) in [4.78, 5) is 27.1. The van der Waals surface area contributed by atoms with Gasteiger partial charge in [0.1, 0.15) is 5.00 Å². The van der Waals surface area contributed by atoms with Gasteiger partial charge < -0.3 is 10.1 Å². The van der Waals surface area contributed by atoms with Gasteiger partial charge in [-0.1, -0.05) is 42.5 Å². The maximum absolute atomic E-state index is 13.4. The second kappa shape index (κ2) is 9.99. The number of hydrogen-bond donors (Lipinski definition) is 1. The Morgan fingerprint density at radius 1 is 1.06 bits per heavy atom. The van der Waals surface area contributed by atoms with E-state index in [9.17, 15) is 18.0 Å². The summed E-state index contributed by atoms with van der Waals surface area (Å²) in [5.74, 6) is -0.935. The average molecular weight is 499 g/mol. The Morgan fingerprint density at radius 3 is 2.47 bits per heavy atom. The molecule has 1 N–H and O–H groups in total. The lowest BCUT2D eigenvalue weighted by Gasteiger charge is -2.24. The minimum Gasteiger partial charge on any atom is -0.462 e. The second-order valence-electron chi connectivity index (χ2n) is 8.01. The minimum atomic E-state index is -3.69. The number of thiophene rings is 1. The van der Waals surface area contributed by atoms with E-state index in [2.05, 4.69) is 5.32 Å². The van der Waals surface area contributed by atoms with Crippen LogP contribution >= 0.6 is 11.3 Å². The number of esters is 1. The van der Waals surface area contributed by atoms with Gasteiger partial charge in [0, 0.05) is 4.88 Å². The van der Waals surface area contributed by atoms with Gasteiger partial charge in [0.15, 0.2) is 0 Å². The number of fused-ring (bicyclic) bond motifs is 1. The van der Waals surface area contributed by atoms with Crippen LogP contribution in [0.3, 0.4) is 0 Å². The van der Waals surface area contributed by atoms with E-state index in [1.165, 1.54) is 15.6 Å². The lowest BCUT2D eigenvalue weighted by atomic mass is 10.1. The molecule has 4 rings (SSSR count). The van der Waals surface area contributed by atoms with Crippen molar-refractivity contribution in [1.82, 2.24) is 0 Å². The fraction of sp³-hybridized carbons (Fsp3) is 0.280. The first-order chi connectivity index (χ1) is 16.3. The molecule has 1 aromatic heterocycles. The van der Waals surface area contributed by atoms with Crippen LogP contribution in [-0.4, -0.2) is 33.2 Å². The molecule has 0 saturated carbocycles. The van der Waals surface area contributed by atoms with Crippen molar-refractivity contribution in [2.24, 2.45) is 0 Å². The number of para-hydroxylation sites is 1. The van der Waals surface area contributed by atoms with Crippen molar-refractivity contribution < 1.29 is 22.7 Å². The van der Waals surface area contributed by atoms with Gasteiger partial charge >= 0.3 is 5.97 Å². The Kier molecular flexibility index (Phi) is 7.04. The summed E-state index contributed by atoms with van der Waals surface area (Å²) in [6, 6.07) is 15.8. The average Bonchev–Trinajstić information content (AvgIpc) is 3.38. The maximum Gasteiger partial charge on any atom is 0.341 e. The fourth-order valence-corrected chi connectivity index (χ4v) is 6.27. The highest BCUT2D eigenvalue weighted by Crippen LogP contribution is 2.40. The van der Waals surface area contributed by atoms with E-state index in [1.807, 2.05) is 30.3 Å². The molecule has 2 aromatic carbocycles. The molecule has 34 heavy (non-hydrogen) atoms. The molecule has 0 unspecified atom stereocenters. The van der Waals surface area contributed by atoms with Crippen LogP contribution in [0.5, 0.6) is 0 Å². The molecule has 0 spiro atoms. The Labute approximate surface area is 203 Å². The molecule has 0 atom stereocenters. The number of benzene rings is 2. The first-order valence-electron chi connectivity index (χ1n) is 11.0. The third kappa shape index (κ3) is 5.00. The third-order valence-electron chi connectivity index (χ3n) is 5.61. The molecular weight excluding hydrogens is 472 g/mol. The van der Waals surface area contributed by atoms with Crippen LogP contribution in [0.15, 0.2) is 54.6 Å². The number of ether oxygens (including phenoxy) is 1. The van der Waals surface area contributed by atoms with E-state index in [4.69, 9.17) is 4.74 Å². The van der Waals surface area contributed by atoms with Gasteiger partial charge in [-0.2, -0.15) is 0 Å². The smallest absolute Gasteiger partial charge is 0.341 e. The fourth-order valence-electron chi connectivity index (χ4n) is 4.10. The SMILES string of the molecule is CCOC(=O)c1c(NC(=O)c2ccccc2N(Cc2ccccc2)S(C)(=O)=O)sc2c1CCC2. The highest BCUT2D eigenvalue weighted by molar-refractivity contribution is 7.92. The summed E-state index contributed by atoms with van der Waals surface area (Å²) in [6.45, 7) is 2.07. The zero-order valence-corrected chi connectivity index (χ0v) is 20.7. The van der Waals surface area contributed by atoms with Crippen molar-refractivity contribution >= 4 is 43.9 Å². The number of carbonyl (C=O) groups is 2. The molecule has 1 aliphatic rings. The lowest BCUT2D eigenvalue weighted by Crippen LogP contribution is -2.31. The zero-order valence-electron chi connectivity index (χ0n) is 19.0. The highest BCUT2D eigenvalue weighted by Gasteiger charge is 2.30. The third-order valence-corrected chi connectivity index (χ3v) is 7.95. The molecule has 0 fully saturated rings. The number of hydrogen-bond acceptors (Lipinski definition) is 6. The van der Waals surface area contributed by atoms with Crippen LogP contribution in [0, 0.1) is 0 Å². The molecule has 0 radical (unpaired) electrons. The Balaban J connectivity index is 1.69. The number of rotatable bonds is 8. The van der Waals surface area contributed by atoms with E-state index >= 15 is 0 Å². The van der Waals surface area contributed by atoms with Gasteiger partial charge in [-0.05, 0) is 49.4 Å². The summed E-state index contributed by atoms with van der Waals surface area (Å²) < 4.78 is 31.9. The van der Waals surface area contributed by atoms with Crippen molar-refractivity contribution in [2.45, 2.75) is 32.7 Å². The first kappa shape index (κ1) is 24.0. The lowest BCUT2D eigenvalue weighted by molar-refractivity contribution is 0.0527. The quantitative estimate of drug-likeness (QED) is 0.457. The predicted molar refractivity (Wildman–Crippen MR) is 134 cm³/mol. The minimum absolute atomic E-state index is 0.0886. The summed E-state index contributed by atoms with van der Waals surface area (Å²) in [6.07, 6.45) is 3.71. The van der Waals surface area contributed by atoms with Crippen LogP contribution in [0.2, 0.25) is 0 Å². The van der Waals surface area contributed by atoms with Crippen molar-refractivity contribution in [3.8, 4) is 0 Å². The summed E-state index contributed by atoms with van der Waals surface area (Å²) in [5.41, 5.74) is 2.62. The van der Waals surface area contributed by atoms with E-state index in [0.29, 0.717) is 10.6 Å². The predicted octanol–water partition coefficient (Wildman–Crippen LogP) is 4.63. The van der Waals surface area contributed by atoms with E-state index in [1.54, 1.807) is 31.2 Å². The van der Waals surface area contributed by atoms with Crippen molar-refractivity contribution in [1.29, 1.82) is 0 Å². The molecule has 178 valence electrons. The van der Waals surface area contributed by atoms with E-state index < -0.39 is 21.9 Å². The zero-order chi connectivity index (χ0) is 24.3. The number of nitrogens with one attached hydrogen (secondary N) is 1. The molecule has 1 amide bonds. The first-order valence-corrected chi connectivity index (χ1v) is 13.7. The van der Waals surface area contributed by atoms with Crippen LogP contribution in [0.4, 0.5) is 10.7 Å². The highest BCUT2D eigenvalue weighted by atomic mass is 32.2. The topological polar surface area (TPSA) is 92.8 Å². The van der Waals surface area contributed by atoms with Crippen LogP contribution in [0.25, 0.3) is 0 Å². The van der Waals surface area contributed by atoms with Gasteiger partial charge in [-0.3, -0.25) is 9.10 Å². The number of aryl methyl sites for hydroxylation is 1. The van der Waals surface area contributed by atoms with Gasteiger partial charge in [0.25, 0.3) is 5.91 Å². The maximum atomic E-state index is 13.4. The monoisotopic (exact) mass is 498 g/mol. The molecule has 0 aliphatic heterocycles. The molecule has 7 nitrogen and oxygen atoms in total. The molecular formula is C25H26N2O5S2. The van der Waals surface area contributed by atoms with E-state index in [0.717, 1.165) is 41.5 Å². The molecule has 3 aromatic rings. The van der Waals surface area contributed by atoms with Crippen LogP contribution in [0.1, 0.15) is 50.1 Å². The number of nitrogens with zero attached hydrogens (tertiary/aromatic N) is 1. The number of anilines is 2. The summed E-state index contributed by atoms with van der Waals surface area (Å²) in [5, 5.41) is 3.31. The van der Waals surface area contributed by atoms with E-state index in [-0.39, 0.29) is 24.4 Å². The van der Waals surface area contributed by atoms with Crippen molar-refractivity contribution in [3.05, 3.63) is 81.7 Å². The van der Waals surface area contributed by atoms with Gasteiger partial charge in [0.05, 0.1) is 36.2 Å². The molecule has 9 heteroatoms. The van der Waals surface area contributed by atoms with Gasteiger partial charge in [-0.25, -0.2) is 13.2 Å². The van der Waals surface area contributed by atoms with Gasteiger partial charge in [-0.15, -0.1) is 11.3 Å². The Morgan fingerprint density at radius 2 is 1.76 bits per heavy atom. The number of carbonyl (C=O) groups excluding carboxylic acids is 2. The molecule has 1 heterocycles. The normalized spacial score (nSPS) is 12.8. The molecule has 0 bridgehead atoms. The number of amides is 1. The van der Waals surface area contributed by atoms with Crippen molar-refractivity contribution in [2.75, 3.05) is 22.5 Å². The molecule has 1 aliphatic carbocycles. The van der Waals surface area contributed by atoms with Crippen LogP contribution < -0.4 is 9.62 Å². The van der Waals surface area contributed by atoms with Gasteiger partial charge in [0.2, 0.25) is 10.0 Å².